The number of nitrogens with zero attached hydrogens (tertiary/aromatic N) is 3. The predicted molar refractivity (Wildman–Crippen MR) is 49.2 cm³/mol. The molecule has 0 aliphatic carbocycles. The second-order valence-corrected chi connectivity index (χ2v) is 2.88. The molecule has 1 aromatic rings. The largest absolute Gasteiger partial charge is 0.392 e. The van der Waals surface area contributed by atoms with Crippen molar-refractivity contribution in [2.75, 3.05) is 19.0 Å². The molecule has 0 radical (unpaired) electrons. The Labute approximate surface area is 77.1 Å². The van der Waals surface area contributed by atoms with Gasteiger partial charge in [-0.3, -0.25) is 0 Å². The van der Waals surface area contributed by atoms with Gasteiger partial charge in [0.1, 0.15) is 17.6 Å². The van der Waals surface area contributed by atoms with Crippen LogP contribution >= 0.6 is 0 Å². The lowest BCUT2D eigenvalue weighted by Gasteiger charge is -2.12. The van der Waals surface area contributed by atoms with Crippen molar-refractivity contribution in [2.24, 2.45) is 0 Å². The van der Waals surface area contributed by atoms with Crippen molar-refractivity contribution >= 4 is 5.82 Å². The molecule has 1 rings (SSSR count). The van der Waals surface area contributed by atoms with Crippen LogP contribution in [0.5, 0.6) is 0 Å². The first-order valence-corrected chi connectivity index (χ1v) is 3.86. The van der Waals surface area contributed by atoms with E-state index in [4.69, 9.17) is 10.4 Å². The third-order valence-electron chi connectivity index (χ3n) is 1.63. The average Bonchev–Trinajstić information content (AvgIpc) is 2.16. The number of pyridine rings is 1. The summed E-state index contributed by atoms with van der Waals surface area (Å²) in [5.74, 6) is 0.683. The van der Waals surface area contributed by atoms with Gasteiger partial charge in [-0.05, 0) is 17.7 Å². The summed E-state index contributed by atoms with van der Waals surface area (Å²) in [7, 11) is 3.68. The maximum Gasteiger partial charge on any atom is 0.143 e. The number of rotatable bonds is 2. The molecule has 0 amide bonds. The molecule has 1 aromatic heterocycles. The molecule has 4 heteroatoms. The summed E-state index contributed by atoms with van der Waals surface area (Å²) < 4.78 is 0. The Kier molecular flexibility index (Phi) is 2.83. The molecular weight excluding hydrogens is 166 g/mol. The molecular formula is C9H11N3O. The van der Waals surface area contributed by atoms with Crippen LogP contribution in [-0.4, -0.2) is 24.2 Å². The van der Waals surface area contributed by atoms with E-state index in [0.29, 0.717) is 17.1 Å². The first kappa shape index (κ1) is 9.49. The Morgan fingerprint density at radius 3 is 2.69 bits per heavy atom. The van der Waals surface area contributed by atoms with Gasteiger partial charge in [0.2, 0.25) is 0 Å². The van der Waals surface area contributed by atoms with E-state index < -0.39 is 0 Å². The lowest BCUT2D eigenvalue weighted by Crippen LogP contribution is -2.11. The quantitative estimate of drug-likeness (QED) is 0.715. The Morgan fingerprint density at radius 1 is 1.54 bits per heavy atom. The molecule has 0 aliphatic heterocycles. The molecule has 4 nitrogen and oxygen atoms in total. The monoisotopic (exact) mass is 177 g/mol. The highest BCUT2D eigenvalue weighted by Gasteiger charge is 2.02. The molecule has 0 saturated carbocycles. The molecule has 1 heterocycles. The van der Waals surface area contributed by atoms with Gasteiger partial charge >= 0.3 is 0 Å². The second-order valence-electron chi connectivity index (χ2n) is 2.88. The molecule has 0 aromatic carbocycles. The molecule has 68 valence electrons. The Balaban J connectivity index is 3.17. The summed E-state index contributed by atoms with van der Waals surface area (Å²) in [4.78, 5) is 5.84. The number of hydrogen-bond acceptors (Lipinski definition) is 4. The van der Waals surface area contributed by atoms with Crippen LogP contribution in [0, 0.1) is 11.3 Å². The minimum absolute atomic E-state index is 0.0714. The van der Waals surface area contributed by atoms with E-state index in [1.807, 2.05) is 20.2 Å². The number of aromatic nitrogens is 1. The zero-order valence-corrected chi connectivity index (χ0v) is 7.65. The fourth-order valence-corrected chi connectivity index (χ4v) is 0.949. The van der Waals surface area contributed by atoms with Gasteiger partial charge in [-0.2, -0.15) is 5.26 Å². The van der Waals surface area contributed by atoms with Crippen LogP contribution < -0.4 is 4.90 Å². The lowest BCUT2D eigenvalue weighted by atomic mass is 10.2. The normalized spacial score (nSPS) is 9.38. The van der Waals surface area contributed by atoms with Crippen LogP contribution in [-0.2, 0) is 6.61 Å². The number of aliphatic hydroxyl groups excluding tert-OH is 1. The first-order valence-electron chi connectivity index (χ1n) is 3.86. The summed E-state index contributed by atoms with van der Waals surface area (Å²) in [5.41, 5.74) is 1.03. The standard InChI is InChI=1S/C9H11N3O/c1-12(2)9-4-7(6-13)3-8(5-10)11-9/h3-4,13H,6H2,1-2H3. The maximum atomic E-state index is 8.91. The van der Waals surface area contributed by atoms with Crippen molar-refractivity contribution in [3.63, 3.8) is 0 Å². The van der Waals surface area contributed by atoms with Gasteiger partial charge in [0.15, 0.2) is 0 Å². The van der Waals surface area contributed by atoms with E-state index >= 15 is 0 Å². The van der Waals surface area contributed by atoms with Crippen molar-refractivity contribution in [3.8, 4) is 6.07 Å². The highest BCUT2D eigenvalue weighted by molar-refractivity contribution is 5.43. The van der Waals surface area contributed by atoms with E-state index in [2.05, 4.69) is 4.98 Å². The molecule has 0 spiro atoms. The third kappa shape index (κ3) is 2.17. The van der Waals surface area contributed by atoms with E-state index in [0.717, 1.165) is 0 Å². The molecule has 1 N–H and O–H groups in total. The van der Waals surface area contributed by atoms with Crippen LogP contribution in [0.3, 0.4) is 0 Å². The topological polar surface area (TPSA) is 60.1 Å². The summed E-state index contributed by atoms with van der Waals surface area (Å²) >= 11 is 0. The van der Waals surface area contributed by atoms with Gasteiger partial charge in [0, 0.05) is 14.1 Å². The summed E-state index contributed by atoms with van der Waals surface area (Å²) in [5, 5.41) is 17.6. The minimum atomic E-state index is -0.0714. The van der Waals surface area contributed by atoms with Crippen LogP contribution in [0.1, 0.15) is 11.3 Å². The van der Waals surface area contributed by atoms with Gasteiger partial charge in [-0.25, -0.2) is 4.98 Å². The molecule has 0 bridgehead atoms. The van der Waals surface area contributed by atoms with Crippen LogP contribution in [0.15, 0.2) is 12.1 Å². The molecule has 0 fully saturated rings. The van der Waals surface area contributed by atoms with Crippen molar-refractivity contribution in [1.29, 1.82) is 5.26 Å². The number of aliphatic hydroxyl groups is 1. The van der Waals surface area contributed by atoms with Crippen LogP contribution in [0.2, 0.25) is 0 Å². The van der Waals surface area contributed by atoms with E-state index in [1.165, 1.54) is 0 Å². The average molecular weight is 177 g/mol. The smallest absolute Gasteiger partial charge is 0.143 e. The zero-order valence-electron chi connectivity index (χ0n) is 7.65. The van der Waals surface area contributed by atoms with Gasteiger partial charge in [0.05, 0.1) is 6.61 Å². The van der Waals surface area contributed by atoms with Gasteiger partial charge in [0.25, 0.3) is 0 Å². The molecule has 13 heavy (non-hydrogen) atoms. The lowest BCUT2D eigenvalue weighted by molar-refractivity contribution is 0.281. The molecule has 0 atom stereocenters. The van der Waals surface area contributed by atoms with Crippen molar-refractivity contribution in [2.45, 2.75) is 6.61 Å². The summed E-state index contributed by atoms with van der Waals surface area (Å²) in [6.07, 6.45) is 0. The predicted octanol–water partition coefficient (Wildman–Crippen LogP) is 0.512. The van der Waals surface area contributed by atoms with Crippen molar-refractivity contribution < 1.29 is 5.11 Å². The van der Waals surface area contributed by atoms with Crippen LogP contribution in [0.4, 0.5) is 5.82 Å². The fourth-order valence-electron chi connectivity index (χ4n) is 0.949. The molecule has 0 unspecified atom stereocenters. The summed E-state index contributed by atoms with van der Waals surface area (Å²) in [6, 6.07) is 5.28. The van der Waals surface area contributed by atoms with Gasteiger partial charge < -0.3 is 10.0 Å². The summed E-state index contributed by atoms with van der Waals surface area (Å²) in [6.45, 7) is -0.0714. The first-order chi connectivity index (χ1) is 6.17. The zero-order chi connectivity index (χ0) is 9.84. The Hall–Kier alpha value is -1.60. The van der Waals surface area contributed by atoms with E-state index in [-0.39, 0.29) is 6.61 Å². The third-order valence-corrected chi connectivity index (χ3v) is 1.63. The van der Waals surface area contributed by atoms with Gasteiger partial charge in [-0.1, -0.05) is 0 Å². The molecule has 0 aliphatic rings. The Bertz CT molecular complexity index is 341. The number of hydrogen-bond donors (Lipinski definition) is 1. The van der Waals surface area contributed by atoms with Gasteiger partial charge in [-0.15, -0.1) is 0 Å². The minimum Gasteiger partial charge on any atom is -0.392 e. The number of nitriles is 1. The highest BCUT2D eigenvalue weighted by Crippen LogP contribution is 2.12. The number of anilines is 1. The van der Waals surface area contributed by atoms with E-state index in [1.54, 1.807) is 17.0 Å². The van der Waals surface area contributed by atoms with Crippen molar-refractivity contribution in [3.05, 3.63) is 23.4 Å². The Morgan fingerprint density at radius 2 is 2.23 bits per heavy atom. The van der Waals surface area contributed by atoms with Crippen LogP contribution in [0.25, 0.3) is 0 Å². The second kappa shape index (κ2) is 3.87. The van der Waals surface area contributed by atoms with Crippen molar-refractivity contribution in [1.82, 2.24) is 4.98 Å². The fraction of sp³-hybridized carbons (Fsp3) is 0.333. The molecule has 0 saturated heterocycles. The van der Waals surface area contributed by atoms with E-state index in [9.17, 15) is 0 Å². The highest BCUT2D eigenvalue weighted by atomic mass is 16.3. The maximum absolute atomic E-state index is 8.91. The SMILES string of the molecule is CN(C)c1cc(CO)cc(C#N)n1.